The van der Waals surface area contributed by atoms with Gasteiger partial charge in [0.15, 0.2) is 11.5 Å². The zero-order valence-electron chi connectivity index (χ0n) is 25.9. The first kappa shape index (κ1) is 31.8. The molecule has 5 aromatic rings. The topological polar surface area (TPSA) is 72.9 Å². The van der Waals surface area contributed by atoms with Gasteiger partial charge in [-0.05, 0) is 59.9 Å². The van der Waals surface area contributed by atoms with Crippen LogP contribution in [0, 0.1) is 0 Å². The summed E-state index contributed by atoms with van der Waals surface area (Å²) in [5.74, 6) is 2.09. The second kappa shape index (κ2) is 15.9. The fourth-order valence-electron chi connectivity index (χ4n) is 5.00. The molecule has 1 unspecified atom stereocenters. The normalized spacial score (nSPS) is 11.6. The summed E-state index contributed by atoms with van der Waals surface area (Å²) in [6, 6.07) is 34.3. The molecule has 0 saturated heterocycles. The van der Waals surface area contributed by atoms with Crippen LogP contribution in [0.1, 0.15) is 50.7 Å². The minimum atomic E-state index is -0.170. The van der Waals surface area contributed by atoms with Crippen molar-refractivity contribution in [2.24, 2.45) is 0 Å². The quantitative estimate of drug-likeness (QED) is 0.131. The molecular weight excluding hydrogens is 582 g/mol. The number of ether oxygens (including phenoxy) is 3. The van der Waals surface area contributed by atoms with Crippen LogP contribution in [0.15, 0.2) is 109 Å². The van der Waals surface area contributed by atoms with Gasteiger partial charge >= 0.3 is 0 Å². The number of benzene rings is 4. The second-order valence-corrected chi connectivity index (χ2v) is 11.7. The number of hydrogen-bond donors (Lipinski definition) is 1. The number of amides is 1. The van der Waals surface area contributed by atoms with E-state index in [-0.39, 0.29) is 11.9 Å². The lowest BCUT2D eigenvalue weighted by atomic mass is 10.1. The van der Waals surface area contributed by atoms with Crippen LogP contribution in [0.4, 0.5) is 0 Å². The largest absolute Gasteiger partial charge is 0.493 e. The number of thiazole rings is 1. The number of rotatable bonds is 15. The fraction of sp³-hybridized carbons (Fsp3) is 0.243. The van der Waals surface area contributed by atoms with Crippen LogP contribution in [0.3, 0.4) is 0 Å². The molecule has 0 bridgehead atoms. The van der Waals surface area contributed by atoms with E-state index in [2.05, 4.69) is 40.5 Å². The van der Waals surface area contributed by atoms with Gasteiger partial charge in [0.2, 0.25) is 0 Å². The highest BCUT2D eigenvalue weighted by Crippen LogP contribution is 2.28. The SMILES string of the molecule is COc1ccc(CCN(Cc2ccc(OCc3ccccc3)cc2)Cc2nc(C(=O)NC(C)c3ccccc3)cs2)cc1OC. The van der Waals surface area contributed by atoms with Crippen molar-refractivity contribution < 1.29 is 19.0 Å². The molecular formula is C37H39N3O4S. The van der Waals surface area contributed by atoms with Gasteiger partial charge in [0, 0.05) is 18.5 Å². The molecule has 5 rings (SSSR count). The minimum absolute atomic E-state index is 0.110. The maximum Gasteiger partial charge on any atom is 0.271 e. The number of nitrogens with one attached hydrogen (secondary N) is 1. The molecule has 4 aromatic carbocycles. The average Bonchev–Trinajstić information content (AvgIpc) is 3.56. The minimum Gasteiger partial charge on any atom is -0.493 e. The molecule has 0 radical (unpaired) electrons. The number of methoxy groups -OCH3 is 2. The highest BCUT2D eigenvalue weighted by atomic mass is 32.1. The predicted octanol–water partition coefficient (Wildman–Crippen LogP) is 7.48. The van der Waals surface area contributed by atoms with Crippen LogP contribution in [-0.2, 0) is 26.1 Å². The van der Waals surface area contributed by atoms with Crippen molar-refractivity contribution in [3.8, 4) is 17.2 Å². The summed E-state index contributed by atoms with van der Waals surface area (Å²) in [5.41, 5.74) is 4.95. The van der Waals surface area contributed by atoms with Crippen molar-refractivity contribution in [3.63, 3.8) is 0 Å². The number of carbonyl (C=O) groups is 1. The summed E-state index contributed by atoms with van der Waals surface area (Å²) in [6.07, 6.45) is 0.811. The van der Waals surface area contributed by atoms with Crippen molar-refractivity contribution in [1.82, 2.24) is 15.2 Å². The molecule has 0 saturated carbocycles. The third-order valence-electron chi connectivity index (χ3n) is 7.53. The lowest BCUT2D eigenvalue weighted by Crippen LogP contribution is -2.27. The predicted molar refractivity (Wildman–Crippen MR) is 179 cm³/mol. The highest BCUT2D eigenvalue weighted by Gasteiger charge is 2.17. The van der Waals surface area contributed by atoms with Crippen LogP contribution in [0.2, 0.25) is 0 Å². The van der Waals surface area contributed by atoms with E-state index in [9.17, 15) is 4.79 Å². The summed E-state index contributed by atoms with van der Waals surface area (Å²) in [6.45, 7) is 4.63. The Morgan fingerprint density at radius 2 is 1.51 bits per heavy atom. The molecule has 1 heterocycles. The Labute approximate surface area is 269 Å². The third-order valence-corrected chi connectivity index (χ3v) is 8.37. The first-order valence-corrected chi connectivity index (χ1v) is 15.9. The Morgan fingerprint density at radius 3 is 2.22 bits per heavy atom. The van der Waals surface area contributed by atoms with E-state index < -0.39 is 0 Å². The lowest BCUT2D eigenvalue weighted by Gasteiger charge is -2.22. The Morgan fingerprint density at radius 1 is 0.822 bits per heavy atom. The van der Waals surface area contributed by atoms with Gasteiger partial charge < -0.3 is 19.5 Å². The number of hydrogen-bond acceptors (Lipinski definition) is 7. The summed E-state index contributed by atoms with van der Waals surface area (Å²) >= 11 is 1.51. The monoisotopic (exact) mass is 621 g/mol. The smallest absolute Gasteiger partial charge is 0.271 e. The van der Waals surface area contributed by atoms with E-state index in [1.54, 1.807) is 14.2 Å². The molecule has 1 aromatic heterocycles. The van der Waals surface area contributed by atoms with Crippen LogP contribution in [0.25, 0.3) is 0 Å². The molecule has 0 aliphatic carbocycles. The summed E-state index contributed by atoms with van der Waals surface area (Å²) in [4.78, 5) is 20.1. The second-order valence-electron chi connectivity index (χ2n) is 10.8. The van der Waals surface area contributed by atoms with Gasteiger partial charge in [0.1, 0.15) is 23.1 Å². The zero-order valence-corrected chi connectivity index (χ0v) is 26.8. The molecule has 0 fully saturated rings. The van der Waals surface area contributed by atoms with E-state index >= 15 is 0 Å². The van der Waals surface area contributed by atoms with Gasteiger partial charge in [-0.2, -0.15) is 0 Å². The first-order chi connectivity index (χ1) is 22.0. The molecule has 8 heteroatoms. The summed E-state index contributed by atoms with van der Waals surface area (Å²) in [7, 11) is 3.29. The third kappa shape index (κ3) is 9.17. The summed E-state index contributed by atoms with van der Waals surface area (Å²) < 4.78 is 16.9. The lowest BCUT2D eigenvalue weighted by molar-refractivity contribution is 0.0935. The number of aromatic nitrogens is 1. The molecule has 1 N–H and O–H groups in total. The molecule has 0 aliphatic rings. The Bertz CT molecular complexity index is 1640. The molecule has 45 heavy (non-hydrogen) atoms. The maximum atomic E-state index is 13.0. The van der Waals surface area contributed by atoms with Crippen molar-refractivity contribution >= 4 is 17.2 Å². The molecule has 232 valence electrons. The fourth-order valence-corrected chi connectivity index (χ4v) is 5.82. The molecule has 7 nitrogen and oxygen atoms in total. The molecule has 1 atom stereocenters. The highest BCUT2D eigenvalue weighted by molar-refractivity contribution is 7.09. The van der Waals surface area contributed by atoms with Gasteiger partial charge in [0.05, 0.1) is 26.8 Å². The van der Waals surface area contributed by atoms with Crippen LogP contribution < -0.4 is 19.5 Å². The molecule has 1 amide bonds. The van der Waals surface area contributed by atoms with Crippen molar-refractivity contribution in [1.29, 1.82) is 0 Å². The average molecular weight is 622 g/mol. The molecule has 0 aliphatic heterocycles. The number of carbonyl (C=O) groups excluding carboxylic acids is 1. The van der Waals surface area contributed by atoms with E-state index in [0.29, 0.717) is 30.3 Å². The van der Waals surface area contributed by atoms with Gasteiger partial charge in [-0.25, -0.2) is 4.98 Å². The van der Waals surface area contributed by atoms with Crippen molar-refractivity contribution in [2.75, 3.05) is 20.8 Å². The van der Waals surface area contributed by atoms with Gasteiger partial charge in [-0.15, -0.1) is 11.3 Å². The summed E-state index contributed by atoms with van der Waals surface area (Å²) in [5, 5.41) is 5.80. The van der Waals surface area contributed by atoms with Crippen LogP contribution in [-0.4, -0.2) is 36.6 Å². The zero-order chi connectivity index (χ0) is 31.4. The van der Waals surface area contributed by atoms with E-state index in [1.807, 2.05) is 85.1 Å². The van der Waals surface area contributed by atoms with Crippen LogP contribution in [0.5, 0.6) is 17.2 Å². The Hall–Kier alpha value is -4.66. The maximum absolute atomic E-state index is 13.0. The van der Waals surface area contributed by atoms with E-state index in [0.717, 1.165) is 47.0 Å². The van der Waals surface area contributed by atoms with Crippen molar-refractivity contribution in [3.05, 3.63) is 141 Å². The Balaban J connectivity index is 1.26. The van der Waals surface area contributed by atoms with Gasteiger partial charge in [-0.3, -0.25) is 9.69 Å². The first-order valence-electron chi connectivity index (χ1n) is 15.0. The van der Waals surface area contributed by atoms with Gasteiger partial charge in [0.25, 0.3) is 5.91 Å². The van der Waals surface area contributed by atoms with Crippen molar-refractivity contribution in [2.45, 2.75) is 39.1 Å². The molecule has 0 spiro atoms. The van der Waals surface area contributed by atoms with Crippen LogP contribution >= 0.6 is 11.3 Å². The number of nitrogens with zero attached hydrogens (tertiary/aromatic N) is 2. The van der Waals surface area contributed by atoms with E-state index in [4.69, 9.17) is 19.2 Å². The standard InChI is InChI=1S/C37H39N3O4S/c1-27(31-12-8-5-9-13-31)38-37(41)33-26-45-36(39-33)24-40(21-20-28-16-19-34(42-2)35(22-28)43-3)23-29-14-17-32(18-15-29)44-25-30-10-6-4-7-11-30/h4-19,22,26-27H,20-21,23-25H2,1-3H3,(H,38,41). The Kier molecular flexibility index (Phi) is 11.2. The van der Waals surface area contributed by atoms with E-state index in [1.165, 1.54) is 16.9 Å². The van der Waals surface area contributed by atoms with Gasteiger partial charge in [-0.1, -0.05) is 78.9 Å².